The van der Waals surface area contributed by atoms with Gasteiger partial charge in [0.05, 0.1) is 11.4 Å². The summed E-state index contributed by atoms with van der Waals surface area (Å²) in [5.41, 5.74) is 1.34. The Labute approximate surface area is 123 Å². The standard InChI is InChI=1S/C13H17N5O2S/c19-21(20,17-9-6-14-7-10-17)16-12-3-1-4-13(11-12)18-8-2-5-15-18/h1-5,8,11,14,16H,6-7,9-10H2. The summed E-state index contributed by atoms with van der Waals surface area (Å²) in [6.45, 7) is 2.31. The van der Waals surface area contributed by atoms with Crippen molar-refractivity contribution in [3.05, 3.63) is 42.7 Å². The molecule has 0 bridgehead atoms. The van der Waals surface area contributed by atoms with Crippen molar-refractivity contribution in [3.8, 4) is 5.69 Å². The number of anilines is 1. The highest BCUT2D eigenvalue weighted by atomic mass is 32.2. The SMILES string of the molecule is O=S(=O)(Nc1cccc(-n2cccn2)c1)N1CCNCC1. The van der Waals surface area contributed by atoms with E-state index in [4.69, 9.17) is 0 Å². The Morgan fingerprint density at radius 3 is 2.71 bits per heavy atom. The lowest BCUT2D eigenvalue weighted by Crippen LogP contribution is -2.48. The number of piperazine rings is 1. The van der Waals surface area contributed by atoms with E-state index in [1.54, 1.807) is 29.1 Å². The van der Waals surface area contributed by atoms with Crippen LogP contribution in [0.1, 0.15) is 0 Å². The summed E-state index contributed by atoms with van der Waals surface area (Å²) >= 11 is 0. The number of hydrogen-bond acceptors (Lipinski definition) is 4. The third-order valence-electron chi connectivity index (χ3n) is 3.28. The van der Waals surface area contributed by atoms with Gasteiger partial charge in [0.15, 0.2) is 0 Å². The van der Waals surface area contributed by atoms with Gasteiger partial charge in [-0.05, 0) is 24.3 Å². The number of nitrogens with one attached hydrogen (secondary N) is 2. The Hall–Kier alpha value is -1.90. The molecule has 1 fully saturated rings. The predicted molar refractivity (Wildman–Crippen MR) is 80.5 cm³/mol. The molecule has 0 amide bonds. The fourth-order valence-corrected chi connectivity index (χ4v) is 3.45. The summed E-state index contributed by atoms with van der Waals surface area (Å²) in [5.74, 6) is 0. The van der Waals surface area contributed by atoms with Crippen LogP contribution in [0.3, 0.4) is 0 Å². The summed E-state index contributed by atoms with van der Waals surface area (Å²) in [6.07, 6.45) is 3.49. The number of aromatic nitrogens is 2. The van der Waals surface area contributed by atoms with Crippen LogP contribution in [0.15, 0.2) is 42.7 Å². The van der Waals surface area contributed by atoms with E-state index in [2.05, 4.69) is 15.1 Å². The van der Waals surface area contributed by atoms with Crippen molar-refractivity contribution in [2.45, 2.75) is 0 Å². The third kappa shape index (κ3) is 3.23. The van der Waals surface area contributed by atoms with Crippen LogP contribution in [-0.4, -0.2) is 48.7 Å². The zero-order valence-electron chi connectivity index (χ0n) is 11.4. The second-order valence-electron chi connectivity index (χ2n) is 4.76. The first kappa shape index (κ1) is 14.1. The second-order valence-corrected chi connectivity index (χ2v) is 6.43. The molecule has 2 aromatic rings. The Kier molecular flexibility index (Phi) is 3.91. The number of hydrogen-bond donors (Lipinski definition) is 2. The Balaban J connectivity index is 1.80. The average molecular weight is 307 g/mol. The molecule has 0 unspecified atom stereocenters. The van der Waals surface area contributed by atoms with Gasteiger partial charge in [0.25, 0.3) is 0 Å². The lowest BCUT2D eigenvalue weighted by Gasteiger charge is -2.26. The minimum atomic E-state index is -3.51. The lowest BCUT2D eigenvalue weighted by atomic mass is 10.3. The van der Waals surface area contributed by atoms with Gasteiger partial charge in [0.1, 0.15) is 0 Å². The molecule has 21 heavy (non-hydrogen) atoms. The summed E-state index contributed by atoms with van der Waals surface area (Å²) in [5, 5.41) is 7.27. The van der Waals surface area contributed by atoms with Crippen molar-refractivity contribution in [2.24, 2.45) is 0 Å². The molecule has 1 aliphatic rings. The van der Waals surface area contributed by atoms with Crippen LogP contribution in [0.5, 0.6) is 0 Å². The zero-order chi connectivity index (χ0) is 14.7. The maximum Gasteiger partial charge on any atom is 0.301 e. The van der Waals surface area contributed by atoms with E-state index in [1.165, 1.54) is 4.31 Å². The molecule has 2 heterocycles. The molecule has 1 aliphatic heterocycles. The Morgan fingerprint density at radius 1 is 1.19 bits per heavy atom. The van der Waals surface area contributed by atoms with Crippen molar-refractivity contribution in [1.29, 1.82) is 0 Å². The van der Waals surface area contributed by atoms with Gasteiger partial charge in [0, 0.05) is 38.6 Å². The maximum absolute atomic E-state index is 12.3. The monoisotopic (exact) mass is 307 g/mol. The van der Waals surface area contributed by atoms with E-state index in [9.17, 15) is 8.42 Å². The van der Waals surface area contributed by atoms with E-state index in [-0.39, 0.29) is 0 Å². The first-order valence-electron chi connectivity index (χ1n) is 6.74. The summed E-state index contributed by atoms with van der Waals surface area (Å²) in [6, 6.07) is 8.97. The van der Waals surface area contributed by atoms with E-state index in [0.717, 1.165) is 5.69 Å². The molecule has 1 aromatic heterocycles. The first-order chi connectivity index (χ1) is 10.1. The van der Waals surface area contributed by atoms with E-state index >= 15 is 0 Å². The van der Waals surface area contributed by atoms with Crippen LogP contribution in [-0.2, 0) is 10.2 Å². The number of rotatable bonds is 4. The largest absolute Gasteiger partial charge is 0.314 e. The van der Waals surface area contributed by atoms with Gasteiger partial charge >= 0.3 is 10.2 Å². The predicted octanol–water partition coefficient (Wildman–Crippen LogP) is 0.434. The molecule has 0 radical (unpaired) electrons. The van der Waals surface area contributed by atoms with Gasteiger partial charge in [-0.1, -0.05) is 6.07 Å². The smallest absolute Gasteiger partial charge is 0.301 e. The first-order valence-corrected chi connectivity index (χ1v) is 8.18. The summed E-state index contributed by atoms with van der Waals surface area (Å²) < 4.78 is 30.4. The van der Waals surface area contributed by atoms with E-state index in [1.807, 2.05) is 18.3 Å². The third-order valence-corrected chi connectivity index (χ3v) is 4.82. The van der Waals surface area contributed by atoms with Crippen molar-refractivity contribution < 1.29 is 8.42 Å². The Bertz CT molecular complexity index is 693. The molecule has 112 valence electrons. The highest BCUT2D eigenvalue weighted by Crippen LogP contribution is 2.16. The van der Waals surface area contributed by atoms with Gasteiger partial charge < -0.3 is 5.32 Å². The molecule has 3 rings (SSSR count). The Morgan fingerprint density at radius 2 is 2.00 bits per heavy atom. The summed E-state index contributed by atoms with van der Waals surface area (Å²) in [7, 11) is -3.51. The molecular formula is C13H17N5O2S. The highest BCUT2D eigenvalue weighted by molar-refractivity contribution is 7.90. The second kappa shape index (κ2) is 5.84. The van der Waals surface area contributed by atoms with E-state index < -0.39 is 10.2 Å². The molecular weight excluding hydrogens is 290 g/mol. The molecule has 1 saturated heterocycles. The van der Waals surface area contributed by atoms with Gasteiger partial charge in [-0.2, -0.15) is 17.8 Å². The molecule has 0 atom stereocenters. The molecule has 2 N–H and O–H groups in total. The average Bonchev–Trinajstić information content (AvgIpc) is 3.02. The van der Waals surface area contributed by atoms with Crippen LogP contribution < -0.4 is 10.0 Å². The van der Waals surface area contributed by atoms with Crippen molar-refractivity contribution in [2.75, 3.05) is 30.9 Å². The van der Waals surface area contributed by atoms with Crippen molar-refractivity contribution in [3.63, 3.8) is 0 Å². The van der Waals surface area contributed by atoms with Gasteiger partial charge in [-0.15, -0.1) is 0 Å². The number of benzene rings is 1. The molecule has 1 aromatic carbocycles. The van der Waals surface area contributed by atoms with Gasteiger partial charge in [0.2, 0.25) is 0 Å². The number of nitrogens with zero attached hydrogens (tertiary/aromatic N) is 3. The van der Waals surface area contributed by atoms with Crippen LogP contribution in [0.2, 0.25) is 0 Å². The molecule has 0 saturated carbocycles. The molecule has 8 heteroatoms. The van der Waals surface area contributed by atoms with Crippen LogP contribution in [0, 0.1) is 0 Å². The van der Waals surface area contributed by atoms with Crippen LogP contribution >= 0.6 is 0 Å². The molecule has 7 nitrogen and oxygen atoms in total. The van der Waals surface area contributed by atoms with Crippen molar-refractivity contribution >= 4 is 15.9 Å². The highest BCUT2D eigenvalue weighted by Gasteiger charge is 2.23. The minimum absolute atomic E-state index is 0.480. The molecule has 0 spiro atoms. The van der Waals surface area contributed by atoms with Crippen LogP contribution in [0.4, 0.5) is 5.69 Å². The molecule has 0 aliphatic carbocycles. The maximum atomic E-state index is 12.3. The fourth-order valence-electron chi connectivity index (χ4n) is 2.23. The van der Waals surface area contributed by atoms with Crippen molar-refractivity contribution in [1.82, 2.24) is 19.4 Å². The fraction of sp³-hybridized carbons (Fsp3) is 0.308. The normalized spacial score (nSPS) is 16.8. The van der Waals surface area contributed by atoms with Gasteiger partial charge in [-0.3, -0.25) is 4.72 Å². The zero-order valence-corrected chi connectivity index (χ0v) is 12.3. The lowest BCUT2D eigenvalue weighted by molar-refractivity contribution is 0.362. The van der Waals surface area contributed by atoms with Gasteiger partial charge in [-0.25, -0.2) is 4.68 Å². The minimum Gasteiger partial charge on any atom is -0.314 e. The quantitative estimate of drug-likeness (QED) is 0.859. The van der Waals surface area contributed by atoms with Crippen LogP contribution in [0.25, 0.3) is 5.69 Å². The summed E-state index contributed by atoms with van der Waals surface area (Å²) in [4.78, 5) is 0. The topological polar surface area (TPSA) is 79.3 Å². The van der Waals surface area contributed by atoms with E-state index in [0.29, 0.717) is 31.9 Å².